The van der Waals surface area contributed by atoms with E-state index < -0.39 is 0 Å². The van der Waals surface area contributed by atoms with E-state index in [0.717, 1.165) is 5.56 Å². The largest absolute Gasteiger partial charge is 0.496 e. The van der Waals surface area contributed by atoms with E-state index in [1.54, 1.807) is 18.2 Å². The molecule has 0 heterocycles. The van der Waals surface area contributed by atoms with Crippen LogP contribution in [0, 0.1) is 11.3 Å². The first-order valence-electron chi connectivity index (χ1n) is 3.70. The molecule has 0 spiro atoms. The van der Waals surface area contributed by atoms with E-state index in [1.807, 2.05) is 6.07 Å². The Bertz CT molecular complexity index is 331. The molecule has 1 rings (SSSR count). The lowest BCUT2D eigenvalue weighted by Gasteiger charge is -2.06. The average Bonchev–Trinajstić information content (AvgIpc) is 2.19. The molecule has 0 radical (unpaired) electrons. The first-order chi connectivity index (χ1) is 6.31. The van der Waals surface area contributed by atoms with Crippen molar-refractivity contribution in [2.24, 2.45) is 5.90 Å². The summed E-state index contributed by atoms with van der Waals surface area (Å²) in [7, 11) is 1.54. The standard InChI is InChI=1S/C9H10N2O2/c1-12-9-4-7(5-10)2-3-8(9)6-13-11/h2-4H,6,11H2,1H3. The summed E-state index contributed by atoms with van der Waals surface area (Å²) in [5.74, 6) is 5.55. The van der Waals surface area contributed by atoms with Crippen LogP contribution < -0.4 is 10.6 Å². The van der Waals surface area contributed by atoms with Crippen LogP contribution in [0.25, 0.3) is 0 Å². The minimum absolute atomic E-state index is 0.273. The van der Waals surface area contributed by atoms with Crippen LogP contribution in [0.15, 0.2) is 18.2 Å². The fraction of sp³-hybridized carbons (Fsp3) is 0.222. The second-order valence-corrected chi connectivity index (χ2v) is 2.45. The monoisotopic (exact) mass is 178 g/mol. The van der Waals surface area contributed by atoms with Gasteiger partial charge in [-0.05, 0) is 12.1 Å². The highest BCUT2D eigenvalue weighted by Gasteiger charge is 2.03. The quantitative estimate of drug-likeness (QED) is 0.700. The van der Waals surface area contributed by atoms with Gasteiger partial charge < -0.3 is 4.74 Å². The second-order valence-electron chi connectivity index (χ2n) is 2.45. The maximum atomic E-state index is 8.62. The molecule has 13 heavy (non-hydrogen) atoms. The van der Waals surface area contributed by atoms with Crippen LogP contribution in [0.1, 0.15) is 11.1 Å². The predicted molar refractivity (Wildman–Crippen MR) is 46.7 cm³/mol. The minimum Gasteiger partial charge on any atom is -0.496 e. The van der Waals surface area contributed by atoms with Crippen LogP contribution in [-0.2, 0) is 11.4 Å². The van der Waals surface area contributed by atoms with E-state index in [2.05, 4.69) is 4.84 Å². The Morgan fingerprint density at radius 1 is 1.54 bits per heavy atom. The molecule has 0 aliphatic rings. The van der Waals surface area contributed by atoms with Gasteiger partial charge in [0.25, 0.3) is 0 Å². The third-order valence-electron chi connectivity index (χ3n) is 1.66. The van der Waals surface area contributed by atoms with Gasteiger partial charge in [0.15, 0.2) is 0 Å². The van der Waals surface area contributed by atoms with Crippen LogP contribution in [-0.4, -0.2) is 7.11 Å². The number of hydrogen-bond acceptors (Lipinski definition) is 4. The highest BCUT2D eigenvalue weighted by atomic mass is 16.6. The number of nitrogens with zero attached hydrogens (tertiary/aromatic N) is 1. The van der Waals surface area contributed by atoms with Crippen LogP contribution >= 0.6 is 0 Å². The van der Waals surface area contributed by atoms with Crippen molar-refractivity contribution in [2.75, 3.05) is 7.11 Å². The first kappa shape index (κ1) is 9.52. The van der Waals surface area contributed by atoms with Crippen LogP contribution in [0.4, 0.5) is 0 Å². The third kappa shape index (κ3) is 2.18. The van der Waals surface area contributed by atoms with Gasteiger partial charge in [0.05, 0.1) is 25.3 Å². The Morgan fingerprint density at radius 3 is 2.85 bits per heavy atom. The summed E-state index contributed by atoms with van der Waals surface area (Å²) in [6, 6.07) is 7.11. The molecule has 68 valence electrons. The summed E-state index contributed by atoms with van der Waals surface area (Å²) in [5, 5.41) is 8.62. The lowest BCUT2D eigenvalue weighted by Crippen LogP contribution is -2.01. The molecule has 4 nitrogen and oxygen atoms in total. The van der Waals surface area contributed by atoms with Gasteiger partial charge in [0, 0.05) is 5.56 Å². The third-order valence-corrected chi connectivity index (χ3v) is 1.66. The number of benzene rings is 1. The average molecular weight is 178 g/mol. The van der Waals surface area contributed by atoms with Gasteiger partial charge in [-0.2, -0.15) is 5.26 Å². The Morgan fingerprint density at radius 2 is 2.31 bits per heavy atom. The Balaban J connectivity index is 3.02. The number of hydrogen-bond donors (Lipinski definition) is 1. The summed E-state index contributed by atoms with van der Waals surface area (Å²) in [6.45, 7) is 0.273. The van der Waals surface area contributed by atoms with Gasteiger partial charge in [-0.15, -0.1) is 0 Å². The van der Waals surface area contributed by atoms with Crippen molar-refractivity contribution in [3.63, 3.8) is 0 Å². The Hall–Kier alpha value is -1.57. The summed E-state index contributed by atoms with van der Waals surface area (Å²) in [4.78, 5) is 4.48. The zero-order chi connectivity index (χ0) is 9.68. The molecule has 4 heteroatoms. The van der Waals surface area contributed by atoms with Crippen LogP contribution in [0.2, 0.25) is 0 Å². The van der Waals surface area contributed by atoms with Crippen molar-refractivity contribution in [1.29, 1.82) is 5.26 Å². The molecule has 0 unspecified atom stereocenters. The van der Waals surface area contributed by atoms with E-state index >= 15 is 0 Å². The molecular formula is C9H10N2O2. The molecule has 0 atom stereocenters. The van der Waals surface area contributed by atoms with E-state index in [4.69, 9.17) is 15.9 Å². The molecular weight excluding hydrogens is 168 g/mol. The van der Waals surface area contributed by atoms with Crippen molar-refractivity contribution in [3.05, 3.63) is 29.3 Å². The second kappa shape index (κ2) is 4.45. The molecule has 0 aromatic heterocycles. The van der Waals surface area contributed by atoms with Gasteiger partial charge in [-0.1, -0.05) is 6.07 Å². The maximum absolute atomic E-state index is 8.62. The van der Waals surface area contributed by atoms with Crippen molar-refractivity contribution < 1.29 is 9.57 Å². The molecule has 0 aliphatic carbocycles. The smallest absolute Gasteiger partial charge is 0.125 e. The van der Waals surface area contributed by atoms with Gasteiger partial charge in [-0.3, -0.25) is 4.84 Å². The number of ether oxygens (including phenoxy) is 1. The fourth-order valence-electron chi connectivity index (χ4n) is 1.02. The molecule has 0 saturated carbocycles. The summed E-state index contributed by atoms with van der Waals surface area (Å²) >= 11 is 0. The number of methoxy groups -OCH3 is 1. The molecule has 1 aromatic carbocycles. The van der Waals surface area contributed by atoms with Crippen LogP contribution in [0.3, 0.4) is 0 Å². The van der Waals surface area contributed by atoms with Crippen molar-refractivity contribution in [3.8, 4) is 11.8 Å². The molecule has 0 fully saturated rings. The lowest BCUT2D eigenvalue weighted by atomic mass is 10.1. The number of rotatable bonds is 3. The highest BCUT2D eigenvalue weighted by molar-refractivity contribution is 5.42. The maximum Gasteiger partial charge on any atom is 0.125 e. The molecule has 0 bridgehead atoms. The van der Waals surface area contributed by atoms with E-state index in [1.165, 1.54) is 7.11 Å². The summed E-state index contributed by atoms with van der Waals surface area (Å²) in [5.41, 5.74) is 1.38. The SMILES string of the molecule is COc1cc(C#N)ccc1CON. The Labute approximate surface area is 76.4 Å². The van der Waals surface area contributed by atoms with E-state index in [9.17, 15) is 0 Å². The van der Waals surface area contributed by atoms with Crippen molar-refractivity contribution in [1.82, 2.24) is 0 Å². The van der Waals surface area contributed by atoms with Crippen molar-refractivity contribution in [2.45, 2.75) is 6.61 Å². The number of nitrogens with two attached hydrogens (primary N) is 1. The molecule has 0 amide bonds. The van der Waals surface area contributed by atoms with Gasteiger partial charge in [0.2, 0.25) is 0 Å². The topological polar surface area (TPSA) is 68.3 Å². The normalized spacial score (nSPS) is 9.31. The molecule has 2 N–H and O–H groups in total. The summed E-state index contributed by atoms with van der Waals surface area (Å²) < 4.78 is 5.05. The zero-order valence-corrected chi connectivity index (χ0v) is 7.28. The minimum atomic E-state index is 0.273. The van der Waals surface area contributed by atoms with Crippen LogP contribution in [0.5, 0.6) is 5.75 Å². The Kier molecular flexibility index (Phi) is 3.26. The molecule has 0 saturated heterocycles. The van der Waals surface area contributed by atoms with E-state index in [-0.39, 0.29) is 6.61 Å². The van der Waals surface area contributed by atoms with Gasteiger partial charge >= 0.3 is 0 Å². The van der Waals surface area contributed by atoms with Gasteiger partial charge in [-0.25, -0.2) is 5.90 Å². The van der Waals surface area contributed by atoms with Crippen molar-refractivity contribution >= 4 is 0 Å². The predicted octanol–water partition coefficient (Wildman–Crippen LogP) is 0.957. The first-order valence-corrected chi connectivity index (χ1v) is 3.70. The van der Waals surface area contributed by atoms with E-state index in [0.29, 0.717) is 11.3 Å². The van der Waals surface area contributed by atoms with Gasteiger partial charge in [0.1, 0.15) is 5.75 Å². The molecule has 0 aliphatic heterocycles. The summed E-state index contributed by atoms with van der Waals surface area (Å²) in [6.07, 6.45) is 0. The lowest BCUT2D eigenvalue weighted by molar-refractivity contribution is 0.122. The highest BCUT2D eigenvalue weighted by Crippen LogP contribution is 2.20. The molecule has 1 aromatic rings. The number of nitriles is 1. The fourth-order valence-corrected chi connectivity index (χ4v) is 1.02. The zero-order valence-electron chi connectivity index (χ0n) is 7.28.